The van der Waals surface area contributed by atoms with Crippen LogP contribution in [0, 0.1) is 0 Å². The van der Waals surface area contributed by atoms with Crippen molar-refractivity contribution >= 4 is 5.91 Å². The Morgan fingerprint density at radius 2 is 2.46 bits per heavy atom. The lowest BCUT2D eigenvalue weighted by molar-refractivity contribution is 0.0779. The number of carbonyl (C=O) groups is 1. The molecule has 0 bridgehead atoms. The molecule has 7 nitrogen and oxygen atoms in total. The Bertz CT molecular complexity index is 298. The van der Waals surface area contributed by atoms with Crippen LogP contribution in [0.2, 0.25) is 0 Å². The zero-order chi connectivity index (χ0) is 9.84. The molecule has 0 fully saturated rings. The molecule has 1 amide bonds. The minimum absolute atomic E-state index is 0.0801. The number of carbonyl (C=O) groups excluding carboxylic acids is 1. The molecule has 0 spiro atoms. The summed E-state index contributed by atoms with van der Waals surface area (Å²) in [6.45, 7) is -0.289. The molecular formula is C6H10N4O3. The highest BCUT2D eigenvalue weighted by Crippen LogP contribution is 1.91. The van der Waals surface area contributed by atoms with E-state index in [2.05, 4.69) is 10.1 Å². The zero-order valence-corrected chi connectivity index (χ0v) is 6.79. The number of nitrogens with zero attached hydrogens (tertiary/aromatic N) is 3. The zero-order valence-electron chi connectivity index (χ0n) is 6.79. The van der Waals surface area contributed by atoms with Crippen LogP contribution in [0.1, 0.15) is 10.6 Å². The standard InChI is InChI=1S/C6H10N4O3/c7-5(13)6-8-3-10(9-6)1-4(12)2-11/h3-4,11-12H,1-2H2,(H2,7,13)/t4-/m1/s1. The topological polar surface area (TPSA) is 114 Å². The highest BCUT2D eigenvalue weighted by atomic mass is 16.3. The summed E-state index contributed by atoms with van der Waals surface area (Å²) >= 11 is 0. The molecule has 0 aromatic carbocycles. The summed E-state index contributed by atoms with van der Waals surface area (Å²) in [6.07, 6.45) is 0.348. The number of aliphatic hydroxyl groups is 2. The maximum atomic E-state index is 10.5. The summed E-state index contributed by atoms with van der Waals surface area (Å²) in [6, 6.07) is 0. The Morgan fingerprint density at radius 3 is 2.92 bits per heavy atom. The van der Waals surface area contributed by atoms with E-state index in [9.17, 15) is 4.79 Å². The Kier molecular flexibility index (Phi) is 2.93. The third kappa shape index (κ3) is 2.49. The largest absolute Gasteiger partial charge is 0.394 e. The Hall–Kier alpha value is -1.47. The summed E-state index contributed by atoms with van der Waals surface area (Å²) in [4.78, 5) is 14.1. The molecule has 0 aliphatic heterocycles. The van der Waals surface area contributed by atoms with Crippen LogP contribution in [0.4, 0.5) is 0 Å². The van der Waals surface area contributed by atoms with Gasteiger partial charge in [0.1, 0.15) is 6.33 Å². The van der Waals surface area contributed by atoms with Crippen molar-refractivity contribution in [3.8, 4) is 0 Å². The van der Waals surface area contributed by atoms with E-state index in [1.165, 1.54) is 11.0 Å². The molecule has 0 saturated carbocycles. The second kappa shape index (κ2) is 3.97. The van der Waals surface area contributed by atoms with Crippen molar-refractivity contribution in [2.75, 3.05) is 6.61 Å². The van der Waals surface area contributed by atoms with Gasteiger partial charge in [-0.3, -0.25) is 4.79 Å². The van der Waals surface area contributed by atoms with Gasteiger partial charge in [0.05, 0.1) is 19.3 Å². The van der Waals surface area contributed by atoms with Gasteiger partial charge in [0.2, 0.25) is 5.82 Å². The Morgan fingerprint density at radius 1 is 1.77 bits per heavy atom. The summed E-state index contributed by atoms with van der Waals surface area (Å²) in [7, 11) is 0. The van der Waals surface area contributed by atoms with Crippen molar-refractivity contribution in [3.63, 3.8) is 0 Å². The number of nitrogens with two attached hydrogens (primary N) is 1. The van der Waals surface area contributed by atoms with Crippen molar-refractivity contribution in [1.82, 2.24) is 14.8 Å². The third-order valence-electron chi connectivity index (χ3n) is 1.37. The number of hydrogen-bond donors (Lipinski definition) is 3. The number of aromatic nitrogens is 3. The molecule has 13 heavy (non-hydrogen) atoms. The van der Waals surface area contributed by atoms with Gasteiger partial charge in [-0.15, -0.1) is 5.10 Å². The molecule has 0 radical (unpaired) electrons. The molecule has 1 aromatic heterocycles. The fourth-order valence-electron chi connectivity index (χ4n) is 0.769. The van der Waals surface area contributed by atoms with Gasteiger partial charge in [0.15, 0.2) is 0 Å². The fraction of sp³-hybridized carbons (Fsp3) is 0.500. The predicted molar refractivity (Wildman–Crippen MR) is 41.6 cm³/mol. The van der Waals surface area contributed by atoms with E-state index in [4.69, 9.17) is 15.9 Å². The molecule has 1 aromatic rings. The van der Waals surface area contributed by atoms with Gasteiger partial charge < -0.3 is 15.9 Å². The van der Waals surface area contributed by atoms with E-state index in [1.807, 2.05) is 0 Å². The first-order valence-corrected chi connectivity index (χ1v) is 3.61. The van der Waals surface area contributed by atoms with E-state index in [-0.39, 0.29) is 19.0 Å². The summed E-state index contributed by atoms with van der Waals surface area (Å²) in [5.41, 5.74) is 4.90. The predicted octanol–water partition coefficient (Wildman–Crippen LogP) is -2.27. The smallest absolute Gasteiger partial charge is 0.288 e. The van der Waals surface area contributed by atoms with Crippen LogP contribution in [0.5, 0.6) is 0 Å². The molecule has 4 N–H and O–H groups in total. The number of hydrogen-bond acceptors (Lipinski definition) is 5. The minimum atomic E-state index is -0.914. The van der Waals surface area contributed by atoms with Gasteiger partial charge in [0, 0.05) is 0 Å². The molecule has 7 heteroatoms. The Balaban J connectivity index is 2.64. The lowest BCUT2D eigenvalue weighted by Gasteiger charge is -2.04. The second-order valence-electron chi connectivity index (χ2n) is 2.49. The van der Waals surface area contributed by atoms with E-state index in [1.54, 1.807) is 0 Å². The van der Waals surface area contributed by atoms with E-state index in [0.717, 1.165) is 0 Å². The van der Waals surface area contributed by atoms with Crippen LogP contribution in [0.25, 0.3) is 0 Å². The van der Waals surface area contributed by atoms with Gasteiger partial charge in [-0.25, -0.2) is 9.67 Å². The molecular weight excluding hydrogens is 176 g/mol. The highest BCUT2D eigenvalue weighted by molar-refractivity contribution is 5.88. The van der Waals surface area contributed by atoms with Crippen molar-refractivity contribution in [2.45, 2.75) is 12.6 Å². The van der Waals surface area contributed by atoms with Crippen LogP contribution in [-0.2, 0) is 6.54 Å². The van der Waals surface area contributed by atoms with Gasteiger partial charge in [-0.2, -0.15) is 0 Å². The lowest BCUT2D eigenvalue weighted by Crippen LogP contribution is -2.21. The Labute approximate surface area is 73.8 Å². The van der Waals surface area contributed by atoms with Crippen molar-refractivity contribution < 1.29 is 15.0 Å². The number of primary amides is 1. The summed E-state index contributed by atoms with van der Waals surface area (Å²) in [5.74, 6) is -0.831. The van der Waals surface area contributed by atoms with Crippen LogP contribution < -0.4 is 5.73 Å². The SMILES string of the molecule is NC(=O)c1ncn(C[C@@H](O)CO)n1. The van der Waals surface area contributed by atoms with Crippen molar-refractivity contribution in [2.24, 2.45) is 5.73 Å². The molecule has 0 unspecified atom stereocenters. The molecule has 1 rings (SSSR count). The summed E-state index contributed by atoms with van der Waals surface area (Å²) in [5, 5.41) is 21.2. The molecule has 1 heterocycles. The lowest BCUT2D eigenvalue weighted by atomic mass is 10.4. The normalized spacial score (nSPS) is 12.8. The van der Waals surface area contributed by atoms with Gasteiger partial charge >= 0.3 is 0 Å². The van der Waals surface area contributed by atoms with Crippen LogP contribution in [0.3, 0.4) is 0 Å². The van der Waals surface area contributed by atoms with E-state index in [0.29, 0.717) is 0 Å². The van der Waals surface area contributed by atoms with E-state index < -0.39 is 12.0 Å². The number of aliphatic hydroxyl groups excluding tert-OH is 2. The quantitative estimate of drug-likeness (QED) is 0.490. The fourth-order valence-corrected chi connectivity index (χ4v) is 0.769. The maximum Gasteiger partial charge on any atom is 0.288 e. The average Bonchev–Trinajstić information content (AvgIpc) is 2.52. The van der Waals surface area contributed by atoms with Crippen molar-refractivity contribution in [3.05, 3.63) is 12.2 Å². The molecule has 0 aliphatic rings. The second-order valence-corrected chi connectivity index (χ2v) is 2.49. The molecule has 0 saturated heterocycles. The first kappa shape index (κ1) is 9.62. The molecule has 1 atom stereocenters. The monoisotopic (exact) mass is 186 g/mol. The first-order valence-electron chi connectivity index (χ1n) is 3.61. The number of amides is 1. The number of rotatable bonds is 4. The van der Waals surface area contributed by atoms with E-state index >= 15 is 0 Å². The minimum Gasteiger partial charge on any atom is -0.394 e. The highest BCUT2D eigenvalue weighted by Gasteiger charge is 2.08. The molecule has 0 aliphatic carbocycles. The van der Waals surface area contributed by atoms with Crippen LogP contribution in [-0.4, -0.2) is 43.6 Å². The first-order chi connectivity index (χ1) is 6.13. The van der Waals surface area contributed by atoms with Crippen molar-refractivity contribution in [1.29, 1.82) is 0 Å². The molecule has 72 valence electrons. The van der Waals surface area contributed by atoms with Gasteiger partial charge in [-0.05, 0) is 0 Å². The third-order valence-corrected chi connectivity index (χ3v) is 1.37. The van der Waals surface area contributed by atoms with Crippen LogP contribution >= 0.6 is 0 Å². The average molecular weight is 186 g/mol. The van der Waals surface area contributed by atoms with Gasteiger partial charge in [-0.1, -0.05) is 0 Å². The van der Waals surface area contributed by atoms with Gasteiger partial charge in [0.25, 0.3) is 5.91 Å². The van der Waals surface area contributed by atoms with Crippen LogP contribution in [0.15, 0.2) is 6.33 Å². The summed E-state index contributed by atoms with van der Waals surface area (Å²) < 4.78 is 1.24. The maximum absolute atomic E-state index is 10.5.